The van der Waals surface area contributed by atoms with Gasteiger partial charge < -0.3 is 5.11 Å². The molecule has 0 saturated heterocycles. The highest BCUT2D eigenvalue weighted by Gasteiger charge is 2.22. The molecule has 0 saturated carbocycles. The summed E-state index contributed by atoms with van der Waals surface area (Å²) in [6, 6.07) is 0. The molecule has 0 aromatic carbocycles. The number of hydrogen-bond acceptors (Lipinski definition) is 1. The third-order valence-corrected chi connectivity index (χ3v) is 4.19. The summed E-state index contributed by atoms with van der Waals surface area (Å²) in [5.74, 6) is 0. The molecule has 0 heterocycles. The van der Waals surface area contributed by atoms with Crippen LogP contribution in [0.25, 0.3) is 0 Å². The fourth-order valence-corrected chi connectivity index (χ4v) is 2.09. The highest BCUT2D eigenvalue weighted by molar-refractivity contribution is 6.83. The molecular weight excluding hydrogens is 152 g/mol. The summed E-state index contributed by atoms with van der Waals surface area (Å²) in [5, 5.41) is 10.7. The molecule has 66 valence electrons. The Hall–Kier alpha value is -0.0831. The molecule has 0 aromatic heterocycles. The summed E-state index contributed by atoms with van der Waals surface area (Å²) in [5.41, 5.74) is 0. The molecule has 1 N–H and O–H groups in total. The average molecular weight is 172 g/mol. The molecule has 11 heavy (non-hydrogen) atoms. The van der Waals surface area contributed by atoms with Crippen LogP contribution in [0.1, 0.15) is 19.8 Å². The van der Waals surface area contributed by atoms with Crippen LogP contribution >= 0.6 is 0 Å². The van der Waals surface area contributed by atoms with Crippen molar-refractivity contribution in [2.75, 3.05) is 0 Å². The van der Waals surface area contributed by atoms with Crippen LogP contribution in [0.5, 0.6) is 0 Å². The molecular formula is C9H20OSi. The lowest BCUT2D eigenvalue weighted by Gasteiger charge is -2.24. The summed E-state index contributed by atoms with van der Waals surface area (Å²) < 4.78 is 0. The molecule has 0 aliphatic heterocycles. The predicted molar refractivity (Wildman–Crippen MR) is 53.4 cm³/mol. The van der Waals surface area contributed by atoms with Crippen molar-refractivity contribution in [3.8, 4) is 0 Å². The zero-order chi connectivity index (χ0) is 9.07. The van der Waals surface area contributed by atoms with Crippen LogP contribution in [0.3, 0.4) is 0 Å². The van der Waals surface area contributed by atoms with Gasteiger partial charge in [0.1, 0.15) is 0 Å². The van der Waals surface area contributed by atoms with E-state index in [4.69, 9.17) is 0 Å². The minimum absolute atomic E-state index is 0.258. The lowest BCUT2D eigenvalue weighted by atomic mass is 10.2. The summed E-state index contributed by atoms with van der Waals surface area (Å²) >= 11 is 0. The first-order valence-corrected chi connectivity index (χ1v) is 7.77. The van der Waals surface area contributed by atoms with Crippen LogP contribution in [-0.2, 0) is 0 Å². The SMILES string of the molecule is C=C(C(O)CCC)[Si](C)(C)C. The van der Waals surface area contributed by atoms with Crippen LogP contribution in [0, 0.1) is 0 Å². The topological polar surface area (TPSA) is 20.2 Å². The Kier molecular flexibility index (Phi) is 4.04. The normalized spacial score (nSPS) is 14.6. The van der Waals surface area contributed by atoms with Crippen molar-refractivity contribution in [1.29, 1.82) is 0 Å². The number of hydrogen-bond donors (Lipinski definition) is 1. The first kappa shape index (κ1) is 10.9. The molecule has 0 aromatic rings. The number of aliphatic hydroxyl groups excluding tert-OH is 1. The molecule has 0 amide bonds. The molecule has 0 fully saturated rings. The van der Waals surface area contributed by atoms with E-state index >= 15 is 0 Å². The number of aliphatic hydroxyl groups is 1. The third-order valence-electron chi connectivity index (χ3n) is 1.93. The van der Waals surface area contributed by atoms with Crippen LogP contribution in [-0.4, -0.2) is 19.3 Å². The van der Waals surface area contributed by atoms with Gasteiger partial charge in [0.15, 0.2) is 0 Å². The van der Waals surface area contributed by atoms with E-state index in [1.807, 2.05) is 0 Å². The van der Waals surface area contributed by atoms with Crippen LogP contribution in [0.4, 0.5) is 0 Å². The van der Waals surface area contributed by atoms with Gasteiger partial charge in [-0.15, -0.1) is 6.58 Å². The standard InChI is InChI=1S/C9H20OSi/c1-6-7-9(10)8(2)11(3,4)5/h9-10H,2,6-7H2,1,3-5H3. The zero-order valence-corrected chi connectivity index (χ0v) is 9.15. The van der Waals surface area contributed by atoms with Gasteiger partial charge in [-0.3, -0.25) is 0 Å². The van der Waals surface area contributed by atoms with Crippen molar-refractivity contribution in [3.63, 3.8) is 0 Å². The molecule has 0 spiro atoms. The first-order chi connectivity index (χ1) is 4.89. The van der Waals surface area contributed by atoms with Crippen molar-refractivity contribution in [2.24, 2.45) is 0 Å². The Morgan fingerprint density at radius 1 is 1.45 bits per heavy atom. The molecule has 1 atom stereocenters. The maximum Gasteiger partial charge on any atom is 0.0750 e. The predicted octanol–water partition coefficient (Wildman–Crippen LogP) is 2.58. The van der Waals surface area contributed by atoms with E-state index in [1.165, 1.54) is 0 Å². The molecule has 0 bridgehead atoms. The van der Waals surface area contributed by atoms with E-state index in [2.05, 4.69) is 33.1 Å². The minimum Gasteiger partial charge on any atom is -0.389 e. The molecule has 2 heteroatoms. The Morgan fingerprint density at radius 3 is 2.18 bits per heavy atom. The lowest BCUT2D eigenvalue weighted by Crippen LogP contribution is -2.31. The fourth-order valence-electron chi connectivity index (χ4n) is 0.948. The van der Waals surface area contributed by atoms with Crippen molar-refractivity contribution < 1.29 is 5.11 Å². The van der Waals surface area contributed by atoms with Crippen molar-refractivity contribution in [2.45, 2.75) is 45.5 Å². The van der Waals surface area contributed by atoms with Gasteiger partial charge in [-0.05, 0) is 6.42 Å². The Morgan fingerprint density at radius 2 is 1.91 bits per heavy atom. The molecule has 1 unspecified atom stereocenters. The average Bonchev–Trinajstić information content (AvgIpc) is 1.85. The van der Waals surface area contributed by atoms with Gasteiger partial charge in [-0.25, -0.2) is 0 Å². The second-order valence-electron chi connectivity index (χ2n) is 4.08. The van der Waals surface area contributed by atoms with Gasteiger partial charge in [0, 0.05) is 0 Å². The lowest BCUT2D eigenvalue weighted by molar-refractivity contribution is 0.206. The van der Waals surface area contributed by atoms with E-state index in [1.54, 1.807) is 0 Å². The van der Waals surface area contributed by atoms with Gasteiger partial charge in [-0.2, -0.15) is 0 Å². The van der Waals surface area contributed by atoms with E-state index in [-0.39, 0.29) is 6.10 Å². The van der Waals surface area contributed by atoms with E-state index in [0.29, 0.717) is 0 Å². The van der Waals surface area contributed by atoms with Crippen LogP contribution < -0.4 is 0 Å². The Bertz CT molecular complexity index is 135. The van der Waals surface area contributed by atoms with Crippen molar-refractivity contribution in [1.82, 2.24) is 0 Å². The highest BCUT2D eigenvalue weighted by atomic mass is 28.3. The van der Waals surface area contributed by atoms with Crippen molar-refractivity contribution >= 4 is 8.07 Å². The molecule has 0 aliphatic rings. The van der Waals surface area contributed by atoms with Gasteiger partial charge in [0.2, 0.25) is 0 Å². The van der Waals surface area contributed by atoms with E-state index in [9.17, 15) is 5.11 Å². The Labute approximate surface area is 71.1 Å². The molecule has 0 aliphatic carbocycles. The summed E-state index contributed by atoms with van der Waals surface area (Å²) in [6.45, 7) is 12.7. The van der Waals surface area contributed by atoms with Gasteiger partial charge in [0.05, 0.1) is 14.2 Å². The van der Waals surface area contributed by atoms with Gasteiger partial charge in [0.25, 0.3) is 0 Å². The minimum atomic E-state index is -1.31. The number of rotatable bonds is 4. The van der Waals surface area contributed by atoms with Gasteiger partial charge in [-0.1, -0.05) is 38.2 Å². The molecule has 0 rings (SSSR count). The van der Waals surface area contributed by atoms with Gasteiger partial charge >= 0.3 is 0 Å². The second kappa shape index (κ2) is 4.07. The smallest absolute Gasteiger partial charge is 0.0750 e. The second-order valence-corrected chi connectivity index (χ2v) is 9.22. The fraction of sp³-hybridized carbons (Fsp3) is 0.778. The van der Waals surface area contributed by atoms with E-state index in [0.717, 1.165) is 18.0 Å². The first-order valence-electron chi connectivity index (χ1n) is 4.27. The van der Waals surface area contributed by atoms with Crippen molar-refractivity contribution in [3.05, 3.63) is 11.8 Å². The van der Waals surface area contributed by atoms with E-state index < -0.39 is 8.07 Å². The summed E-state index contributed by atoms with van der Waals surface area (Å²) in [4.78, 5) is 0. The molecule has 0 radical (unpaired) electrons. The largest absolute Gasteiger partial charge is 0.389 e. The molecule has 1 nitrogen and oxygen atoms in total. The monoisotopic (exact) mass is 172 g/mol. The van der Waals surface area contributed by atoms with Crippen LogP contribution in [0.2, 0.25) is 19.6 Å². The highest BCUT2D eigenvalue weighted by Crippen LogP contribution is 2.18. The maximum atomic E-state index is 9.59. The summed E-state index contributed by atoms with van der Waals surface area (Å²) in [6.07, 6.45) is 1.64. The Balaban J connectivity index is 4.03. The summed E-state index contributed by atoms with van der Waals surface area (Å²) in [7, 11) is -1.31. The third kappa shape index (κ3) is 3.73. The zero-order valence-electron chi connectivity index (χ0n) is 8.15. The maximum absolute atomic E-state index is 9.59. The van der Waals surface area contributed by atoms with Crippen LogP contribution in [0.15, 0.2) is 11.8 Å². The quantitative estimate of drug-likeness (QED) is 0.646.